The SMILES string of the molecule is CN(Cc1ccncc1)S(=O)(=O)c1ccc(F)cc1F. The van der Waals surface area contributed by atoms with Gasteiger partial charge in [0.05, 0.1) is 0 Å². The Bertz CT molecular complexity index is 706. The minimum absolute atomic E-state index is 0.0711. The monoisotopic (exact) mass is 298 g/mol. The Morgan fingerprint density at radius 3 is 2.40 bits per heavy atom. The van der Waals surface area contributed by atoms with Gasteiger partial charge in [-0.1, -0.05) is 0 Å². The molecular formula is C13H12F2N2O2S. The summed E-state index contributed by atoms with van der Waals surface area (Å²) < 4.78 is 51.8. The van der Waals surface area contributed by atoms with E-state index in [-0.39, 0.29) is 6.54 Å². The molecule has 0 N–H and O–H groups in total. The van der Waals surface area contributed by atoms with Gasteiger partial charge in [-0.05, 0) is 29.8 Å². The van der Waals surface area contributed by atoms with E-state index in [1.165, 1.54) is 19.4 Å². The molecule has 0 bridgehead atoms. The highest BCUT2D eigenvalue weighted by atomic mass is 32.2. The first-order valence-electron chi connectivity index (χ1n) is 5.71. The van der Waals surface area contributed by atoms with Crippen molar-refractivity contribution in [3.8, 4) is 0 Å². The Morgan fingerprint density at radius 1 is 1.15 bits per heavy atom. The molecule has 0 amide bonds. The van der Waals surface area contributed by atoms with Crippen LogP contribution in [0.2, 0.25) is 0 Å². The van der Waals surface area contributed by atoms with Gasteiger partial charge in [0.2, 0.25) is 10.0 Å². The Labute approximate surface area is 115 Å². The van der Waals surface area contributed by atoms with Crippen LogP contribution in [0.1, 0.15) is 5.56 Å². The molecule has 0 aliphatic carbocycles. The molecule has 0 aliphatic heterocycles. The zero-order valence-electron chi connectivity index (χ0n) is 10.6. The lowest BCUT2D eigenvalue weighted by molar-refractivity contribution is 0.458. The van der Waals surface area contributed by atoms with E-state index in [0.717, 1.165) is 16.4 Å². The summed E-state index contributed by atoms with van der Waals surface area (Å²) in [6.45, 7) is 0.0711. The van der Waals surface area contributed by atoms with E-state index in [1.807, 2.05) is 0 Å². The number of pyridine rings is 1. The number of aromatic nitrogens is 1. The van der Waals surface area contributed by atoms with Crippen LogP contribution in [0, 0.1) is 11.6 Å². The standard InChI is InChI=1S/C13H12F2N2O2S/c1-17(9-10-4-6-16-7-5-10)20(18,19)13-3-2-11(14)8-12(13)15/h2-8H,9H2,1H3. The summed E-state index contributed by atoms with van der Waals surface area (Å²) in [6.07, 6.45) is 3.07. The van der Waals surface area contributed by atoms with Crippen LogP contribution >= 0.6 is 0 Å². The highest BCUT2D eigenvalue weighted by Gasteiger charge is 2.24. The van der Waals surface area contributed by atoms with Crippen molar-refractivity contribution < 1.29 is 17.2 Å². The van der Waals surface area contributed by atoms with Gasteiger partial charge >= 0.3 is 0 Å². The fraction of sp³-hybridized carbons (Fsp3) is 0.154. The molecule has 0 radical (unpaired) electrons. The van der Waals surface area contributed by atoms with Gasteiger partial charge in [-0.15, -0.1) is 0 Å². The first kappa shape index (κ1) is 14.5. The van der Waals surface area contributed by atoms with E-state index in [4.69, 9.17) is 0 Å². The smallest absolute Gasteiger partial charge is 0.246 e. The Morgan fingerprint density at radius 2 is 1.80 bits per heavy atom. The predicted molar refractivity (Wildman–Crippen MR) is 69.2 cm³/mol. The maximum atomic E-state index is 13.6. The summed E-state index contributed by atoms with van der Waals surface area (Å²) >= 11 is 0. The third-order valence-corrected chi connectivity index (χ3v) is 4.57. The van der Waals surface area contributed by atoms with Crippen molar-refractivity contribution in [2.24, 2.45) is 0 Å². The van der Waals surface area contributed by atoms with E-state index >= 15 is 0 Å². The van der Waals surface area contributed by atoms with Crippen LogP contribution in [0.5, 0.6) is 0 Å². The number of nitrogens with zero attached hydrogens (tertiary/aromatic N) is 2. The van der Waals surface area contributed by atoms with Crippen molar-refractivity contribution in [3.05, 3.63) is 59.9 Å². The molecule has 0 saturated carbocycles. The van der Waals surface area contributed by atoms with Gasteiger partial charge in [0.15, 0.2) is 0 Å². The molecule has 1 heterocycles. The van der Waals surface area contributed by atoms with Crippen molar-refractivity contribution in [1.29, 1.82) is 0 Å². The number of halogens is 2. The zero-order valence-corrected chi connectivity index (χ0v) is 11.4. The molecular weight excluding hydrogens is 286 g/mol. The second-order valence-electron chi connectivity index (χ2n) is 4.19. The quantitative estimate of drug-likeness (QED) is 0.869. The molecule has 0 saturated heterocycles. The molecule has 7 heteroatoms. The number of hydrogen-bond donors (Lipinski definition) is 0. The molecule has 20 heavy (non-hydrogen) atoms. The normalized spacial score (nSPS) is 11.8. The summed E-state index contributed by atoms with van der Waals surface area (Å²) in [5.74, 6) is -1.93. The minimum Gasteiger partial charge on any atom is -0.265 e. The lowest BCUT2D eigenvalue weighted by Gasteiger charge is -2.17. The van der Waals surface area contributed by atoms with Crippen LogP contribution < -0.4 is 0 Å². The van der Waals surface area contributed by atoms with Crippen molar-refractivity contribution in [2.75, 3.05) is 7.05 Å². The summed E-state index contributed by atoms with van der Waals surface area (Å²) in [5.41, 5.74) is 0.716. The molecule has 2 aromatic rings. The largest absolute Gasteiger partial charge is 0.265 e. The molecule has 2 rings (SSSR count). The first-order valence-corrected chi connectivity index (χ1v) is 7.15. The minimum atomic E-state index is -4.01. The number of benzene rings is 1. The average Bonchev–Trinajstić information content (AvgIpc) is 2.39. The lowest BCUT2D eigenvalue weighted by atomic mass is 10.3. The molecule has 4 nitrogen and oxygen atoms in total. The highest BCUT2D eigenvalue weighted by molar-refractivity contribution is 7.89. The lowest BCUT2D eigenvalue weighted by Crippen LogP contribution is -2.27. The van der Waals surface area contributed by atoms with Gasteiger partial charge in [0.25, 0.3) is 0 Å². The van der Waals surface area contributed by atoms with Crippen LogP contribution in [0.4, 0.5) is 8.78 Å². The molecule has 0 fully saturated rings. The zero-order chi connectivity index (χ0) is 14.8. The van der Waals surface area contributed by atoms with Crippen molar-refractivity contribution >= 4 is 10.0 Å². The molecule has 0 aliphatic rings. The molecule has 0 spiro atoms. The summed E-state index contributed by atoms with van der Waals surface area (Å²) in [7, 11) is -2.68. The third-order valence-electron chi connectivity index (χ3n) is 2.74. The summed E-state index contributed by atoms with van der Waals surface area (Å²) in [4.78, 5) is 3.28. The van der Waals surface area contributed by atoms with Crippen LogP contribution in [0.25, 0.3) is 0 Å². The second-order valence-corrected chi connectivity index (χ2v) is 6.20. The number of hydrogen-bond acceptors (Lipinski definition) is 3. The van der Waals surface area contributed by atoms with Crippen LogP contribution in [-0.4, -0.2) is 24.8 Å². The Kier molecular flexibility index (Phi) is 4.10. The number of sulfonamides is 1. The van der Waals surface area contributed by atoms with E-state index in [2.05, 4.69) is 4.98 Å². The predicted octanol–water partition coefficient (Wildman–Crippen LogP) is 2.18. The maximum Gasteiger partial charge on any atom is 0.246 e. The van der Waals surface area contributed by atoms with Gasteiger partial charge in [0.1, 0.15) is 16.5 Å². The Hall–Kier alpha value is -1.86. The second kappa shape index (κ2) is 5.64. The summed E-state index contributed by atoms with van der Waals surface area (Å²) in [5, 5.41) is 0. The molecule has 1 aromatic carbocycles. The first-order chi connectivity index (χ1) is 9.41. The van der Waals surface area contributed by atoms with E-state index in [0.29, 0.717) is 11.6 Å². The topological polar surface area (TPSA) is 50.3 Å². The average molecular weight is 298 g/mol. The van der Waals surface area contributed by atoms with Crippen LogP contribution in [0.15, 0.2) is 47.6 Å². The van der Waals surface area contributed by atoms with Crippen LogP contribution in [-0.2, 0) is 16.6 Å². The fourth-order valence-electron chi connectivity index (χ4n) is 1.68. The fourth-order valence-corrected chi connectivity index (χ4v) is 2.88. The van der Waals surface area contributed by atoms with Crippen molar-refractivity contribution in [1.82, 2.24) is 9.29 Å². The molecule has 1 aromatic heterocycles. The van der Waals surface area contributed by atoms with Gasteiger partial charge < -0.3 is 0 Å². The highest BCUT2D eigenvalue weighted by Crippen LogP contribution is 2.20. The van der Waals surface area contributed by atoms with Gasteiger partial charge in [-0.25, -0.2) is 17.2 Å². The van der Waals surface area contributed by atoms with Crippen LogP contribution in [0.3, 0.4) is 0 Å². The molecule has 106 valence electrons. The third kappa shape index (κ3) is 3.00. The van der Waals surface area contributed by atoms with Gasteiger partial charge in [-0.3, -0.25) is 4.98 Å². The molecule has 0 atom stereocenters. The molecule has 0 unspecified atom stereocenters. The van der Waals surface area contributed by atoms with Crippen molar-refractivity contribution in [3.63, 3.8) is 0 Å². The van der Waals surface area contributed by atoms with Crippen molar-refractivity contribution in [2.45, 2.75) is 11.4 Å². The van der Waals surface area contributed by atoms with Gasteiger partial charge in [0, 0.05) is 32.1 Å². The summed E-state index contributed by atoms with van der Waals surface area (Å²) in [6, 6.07) is 5.70. The van der Waals surface area contributed by atoms with E-state index in [9.17, 15) is 17.2 Å². The van der Waals surface area contributed by atoms with E-state index in [1.54, 1.807) is 12.1 Å². The van der Waals surface area contributed by atoms with Gasteiger partial charge in [-0.2, -0.15) is 4.31 Å². The van der Waals surface area contributed by atoms with E-state index < -0.39 is 26.6 Å². The Balaban J connectivity index is 2.30. The maximum absolute atomic E-state index is 13.6. The number of rotatable bonds is 4.